The number of benzene rings is 2. The van der Waals surface area contributed by atoms with Crippen molar-refractivity contribution < 1.29 is 19.4 Å². The van der Waals surface area contributed by atoms with Crippen LogP contribution in [0.5, 0.6) is 11.5 Å². The second-order valence-electron chi connectivity index (χ2n) is 5.16. The Kier molecular flexibility index (Phi) is 5.14. The number of hydrogen-bond donors (Lipinski definition) is 1. The Labute approximate surface area is 161 Å². The Morgan fingerprint density at radius 2 is 1.81 bits per heavy atom. The number of thioether (sulfide) groups is 1. The summed E-state index contributed by atoms with van der Waals surface area (Å²) in [6, 6.07) is 9.69. The molecule has 1 N–H and O–H groups in total. The molecule has 0 radical (unpaired) electrons. The molecule has 1 aliphatic rings. The summed E-state index contributed by atoms with van der Waals surface area (Å²) in [6.45, 7) is 0. The summed E-state index contributed by atoms with van der Waals surface area (Å²) < 4.78 is 5.96. The fraction of sp³-hybridized carbons (Fsp3) is 0. The van der Waals surface area contributed by atoms with Crippen LogP contribution in [0.3, 0.4) is 0 Å². The van der Waals surface area contributed by atoms with E-state index in [1.807, 2.05) is 0 Å². The Morgan fingerprint density at radius 1 is 1.07 bits per heavy atom. The number of carbonyl (C=O) groups excluding carboxylic acids is 1. The predicted octanol–water partition coefficient (Wildman–Crippen LogP) is 3.78. The number of nitro benzene ring substituents is 2. The zero-order valence-corrected chi connectivity index (χ0v) is 14.9. The van der Waals surface area contributed by atoms with Gasteiger partial charge in [0, 0.05) is 11.6 Å². The minimum atomic E-state index is -0.762. The highest BCUT2D eigenvalue weighted by Crippen LogP contribution is 2.37. The molecule has 9 nitrogen and oxygen atoms in total. The molecule has 11 heteroatoms. The van der Waals surface area contributed by atoms with Gasteiger partial charge in [-0.05, 0) is 18.2 Å². The molecule has 0 spiro atoms. The molecule has 2 aromatic rings. The van der Waals surface area contributed by atoms with Crippen LogP contribution in [0.25, 0.3) is 6.08 Å². The van der Waals surface area contributed by atoms with E-state index in [0.29, 0.717) is 14.8 Å². The van der Waals surface area contributed by atoms with Crippen molar-refractivity contribution in [2.24, 2.45) is 0 Å². The van der Waals surface area contributed by atoms with Crippen LogP contribution in [-0.4, -0.2) is 20.1 Å². The van der Waals surface area contributed by atoms with E-state index >= 15 is 0 Å². The zero-order valence-electron chi connectivity index (χ0n) is 13.3. The topological polar surface area (TPSA) is 125 Å². The van der Waals surface area contributed by atoms with Gasteiger partial charge in [0.1, 0.15) is 10.1 Å². The normalized spacial score (nSPS) is 14.9. The molecule has 0 atom stereocenters. The highest BCUT2D eigenvalue weighted by molar-refractivity contribution is 8.26. The molecule has 1 aliphatic heterocycles. The molecule has 136 valence electrons. The van der Waals surface area contributed by atoms with Gasteiger partial charge in [-0.15, -0.1) is 0 Å². The molecule has 1 heterocycles. The molecule has 0 bridgehead atoms. The van der Waals surface area contributed by atoms with Crippen LogP contribution in [0.1, 0.15) is 5.56 Å². The average Bonchev–Trinajstić information content (AvgIpc) is 2.93. The van der Waals surface area contributed by atoms with Gasteiger partial charge in [-0.1, -0.05) is 42.2 Å². The molecule has 1 fully saturated rings. The third-order valence-corrected chi connectivity index (χ3v) is 4.58. The first kappa shape index (κ1) is 18.5. The van der Waals surface area contributed by atoms with Crippen LogP contribution in [0.4, 0.5) is 11.4 Å². The number of amides is 1. The van der Waals surface area contributed by atoms with Crippen LogP contribution >= 0.6 is 24.0 Å². The Hall–Kier alpha value is -3.31. The summed E-state index contributed by atoms with van der Waals surface area (Å²) in [5.74, 6) is -0.259. The van der Waals surface area contributed by atoms with Gasteiger partial charge in [0.2, 0.25) is 5.75 Å². The van der Waals surface area contributed by atoms with Gasteiger partial charge in [0.15, 0.2) is 0 Å². The molecule has 27 heavy (non-hydrogen) atoms. The Balaban J connectivity index is 1.99. The molecular weight excluding hydrogens is 394 g/mol. The predicted molar refractivity (Wildman–Crippen MR) is 103 cm³/mol. The van der Waals surface area contributed by atoms with Gasteiger partial charge < -0.3 is 10.1 Å². The minimum absolute atomic E-state index is 0.157. The summed E-state index contributed by atoms with van der Waals surface area (Å²) in [7, 11) is 0. The fourth-order valence-electron chi connectivity index (χ4n) is 2.22. The van der Waals surface area contributed by atoms with E-state index < -0.39 is 21.2 Å². The lowest BCUT2D eigenvalue weighted by molar-refractivity contribution is -0.394. The van der Waals surface area contributed by atoms with Crippen molar-refractivity contribution in [3.05, 3.63) is 73.2 Å². The van der Waals surface area contributed by atoms with Gasteiger partial charge >= 0.3 is 5.69 Å². The van der Waals surface area contributed by atoms with Crippen LogP contribution in [0, 0.1) is 20.2 Å². The van der Waals surface area contributed by atoms with Crippen molar-refractivity contribution in [1.82, 2.24) is 5.32 Å². The first-order chi connectivity index (χ1) is 12.8. The maximum absolute atomic E-state index is 11.8. The van der Waals surface area contributed by atoms with Crippen LogP contribution < -0.4 is 10.1 Å². The molecule has 1 amide bonds. The monoisotopic (exact) mass is 403 g/mol. The lowest BCUT2D eigenvalue weighted by Crippen LogP contribution is -2.17. The number of para-hydroxylation sites is 1. The quantitative estimate of drug-likeness (QED) is 0.346. The summed E-state index contributed by atoms with van der Waals surface area (Å²) >= 11 is 6.02. The molecule has 3 rings (SSSR count). The SMILES string of the molecule is O=C1NC(=S)SC1=Cc1ccccc1Oc1ccc([N+](=O)[O-])cc1[N+](=O)[O-]. The summed E-state index contributed by atoms with van der Waals surface area (Å²) in [6.07, 6.45) is 1.55. The van der Waals surface area contributed by atoms with Gasteiger partial charge in [0.25, 0.3) is 11.6 Å². The summed E-state index contributed by atoms with van der Waals surface area (Å²) in [5, 5.41) is 24.6. The van der Waals surface area contributed by atoms with E-state index in [0.717, 1.165) is 30.0 Å². The zero-order chi connectivity index (χ0) is 19.6. The summed E-state index contributed by atoms with van der Waals surface area (Å²) in [5.41, 5.74) is -0.467. The summed E-state index contributed by atoms with van der Waals surface area (Å²) in [4.78, 5) is 32.8. The smallest absolute Gasteiger partial charge is 0.318 e. The Morgan fingerprint density at radius 3 is 2.44 bits per heavy atom. The van der Waals surface area contributed by atoms with Crippen molar-refractivity contribution in [1.29, 1.82) is 0 Å². The highest BCUT2D eigenvalue weighted by atomic mass is 32.2. The largest absolute Gasteiger partial charge is 0.449 e. The number of ether oxygens (including phenoxy) is 1. The maximum Gasteiger partial charge on any atom is 0.318 e. The first-order valence-electron chi connectivity index (χ1n) is 7.29. The number of nitro groups is 2. The fourth-order valence-corrected chi connectivity index (χ4v) is 3.26. The van der Waals surface area contributed by atoms with E-state index in [1.54, 1.807) is 30.3 Å². The molecule has 0 saturated carbocycles. The number of nitrogens with one attached hydrogen (secondary N) is 1. The van der Waals surface area contributed by atoms with Gasteiger partial charge in [-0.25, -0.2) is 0 Å². The lowest BCUT2D eigenvalue weighted by atomic mass is 10.2. The van der Waals surface area contributed by atoms with Crippen molar-refractivity contribution in [2.45, 2.75) is 0 Å². The van der Waals surface area contributed by atoms with Crippen molar-refractivity contribution in [3.63, 3.8) is 0 Å². The molecule has 0 unspecified atom stereocenters. The number of carbonyl (C=O) groups is 1. The second-order valence-corrected chi connectivity index (χ2v) is 6.88. The highest BCUT2D eigenvalue weighted by Gasteiger charge is 2.24. The van der Waals surface area contributed by atoms with Gasteiger partial charge in [-0.2, -0.15) is 0 Å². The van der Waals surface area contributed by atoms with Crippen molar-refractivity contribution >= 4 is 51.7 Å². The van der Waals surface area contributed by atoms with Gasteiger partial charge in [0.05, 0.1) is 20.8 Å². The van der Waals surface area contributed by atoms with E-state index in [1.165, 1.54) is 0 Å². The maximum atomic E-state index is 11.8. The third-order valence-electron chi connectivity index (χ3n) is 3.42. The number of hydrogen-bond acceptors (Lipinski definition) is 8. The number of nitrogens with zero attached hydrogens (tertiary/aromatic N) is 2. The molecule has 2 aromatic carbocycles. The molecule has 0 aromatic heterocycles. The standard InChI is InChI=1S/C16H9N3O6S2/c20-15-14(27-16(26)17-15)7-9-3-1-2-4-12(9)25-13-6-5-10(18(21)22)8-11(13)19(23)24/h1-8H,(H,17,20,26). The molecular formula is C16H9N3O6S2. The third kappa shape index (κ3) is 4.10. The van der Waals surface area contributed by atoms with Crippen molar-refractivity contribution in [3.8, 4) is 11.5 Å². The molecule has 1 saturated heterocycles. The number of non-ortho nitro benzene ring substituents is 1. The average molecular weight is 403 g/mol. The van der Waals surface area contributed by atoms with E-state index in [4.69, 9.17) is 17.0 Å². The van der Waals surface area contributed by atoms with Crippen LogP contribution in [-0.2, 0) is 4.79 Å². The van der Waals surface area contributed by atoms with Crippen LogP contribution in [0.15, 0.2) is 47.4 Å². The minimum Gasteiger partial charge on any atom is -0.449 e. The first-order valence-corrected chi connectivity index (χ1v) is 8.52. The number of rotatable bonds is 5. The van der Waals surface area contributed by atoms with E-state index in [9.17, 15) is 25.0 Å². The lowest BCUT2D eigenvalue weighted by Gasteiger charge is -2.09. The number of thiocarbonyl (C=S) groups is 1. The second kappa shape index (κ2) is 7.51. The van der Waals surface area contributed by atoms with Gasteiger partial charge in [-0.3, -0.25) is 25.0 Å². The Bertz CT molecular complexity index is 1020. The van der Waals surface area contributed by atoms with E-state index in [-0.39, 0.29) is 17.4 Å². The molecule has 0 aliphatic carbocycles. The van der Waals surface area contributed by atoms with Crippen LogP contribution in [0.2, 0.25) is 0 Å². The van der Waals surface area contributed by atoms with Crippen molar-refractivity contribution in [2.75, 3.05) is 0 Å². The van der Waals surface area contributed by atoms with E-state index in [2.05, 4.69) is 5.32 Å².